The van der Waals surface area contributed by atoms with E-state index >= 15 is 0 Å². The lowest BCUT2D eigenvalue weighted by Gasteiger charge is -2.17. The minimum atomic E-state index is -4.31. The van der Waals surface area contributed by atoms with Gasteiger partial charge in [0.1, 0.15) is 5.75 Å². The number of hydrogen-bond acceptors (Lipinski definition) is 4. The number of hydrogen-bond donors (Lipinski definition) is 1. The number of nitrogens with one attached hydrogen (secondary N) is 1. The van der Waals surface area contributed by atoms with Crippen molar-refractivity contribution in [1.82, 2.24) is 9.62 Å². The normalized spacial score (nSPS) is 18.0. The quantitative estimate of drug-likeness (QED) is 0.621. The molecule has 0 amide bonds. The van der Waals surface area contributed by atoms with Crippen LogP contribution in [0.1, 0.15) is 31.4 Å². The second-order valence-corrected chi connectivity index (χ2v) is 8.19. The van der Waals surface area contributed by atoms with Gasteiger partial charge in [-0.25, -0.2) is 0 Å². The van der Waals surface area contributed by atoms with Gasteiger partial charge in [0.15, 0.2) is 0 Å². The Balaban J connectivity index is 1.47. The Labute approximate surface area is 168 Å². The Morgan fingerprint density at radius 1 is 1.18 bits per heavy atom. The maximum atomic E-state index is 12.8. The molecule has 0 radical (unpaired) electrons. The first-order valence-corrected chi connectivity index (χ1v) is 10.2. The van der Waals surface area contributed by atoms with Gasteiger partial charge in [0.05, 0.1) is 11.7 Å². The number of benzene rings is 2. The number of halogens is 3. The van der Waals surface area contributed by atoms with E-state index in [1.807, 2.05) is 26.0 Å². The number of rotatable bonds is 7. The van der Waals surface area contributed by atoms with Crippen molar-refractivity contribution >= 4 is 11.9 Å². The van der Waals surface area contributed by atoms with Gasteiger partial charge >= 0.3 is 6.18 Å². The Bertz CT molecular complexity index is 765. The van der Waals surface area contributed by atoms with Crippen molar-refractivity contribution in [3.05, 3.63) is 59.7 Å². The average molecular weight is 411 g/mol. The summed E-state index contributed by atoms with van der Waals surface area (Å²) in [6.07, 6.45) is -3.18. The minimum absolute atomic E-state index is 0.158. The third-order valence-electron chi connectivity index (χ3n) is 4.48. The topological polar surface area (TPSA) is 24.5 Å². The summed E-state index contributed by atoms with van der Waals surface area (Å²) in [6, 6.07) is 13.8. The Morgan fingerprint density at radius 3 is 2.61 bits per heavy atom. The zero-order chi connectivity index (χ0) is 20.1. The fraction of sp³-hybridized carbons (Fsp3) is 0.429. The van der Waals surface area contributed by atoms with Crippen LogP contribution in [0.4, 0.5) is 13.2 Å². The van der Waals surface area contributed by atoms with Gasteiger partial charge in [0, 0.05) is 30.6 Å². The number of nitrogens with zero attached hydrogens (tertiary/aromatic N) is 1. The highest BCUT2D eigenvalue weighted by molar-refractivity contribution is 7.97. The molecular formula is C21H25F3N2OS. The van der Waals surface area contributed by atoms with Crippen molar-refractivity contribution in [2.45, 2.75) is 50.0 Å². The van der Waals surface area contributed by atoms with Crippen LogP contribution >= 0.6 is 11.9 Å². The molecule has 1 N–H and O–H groups in total. The second-order valence-electron chi connectivity index (χ2n) is 7.28. The van der Waals surface area contributed by atoms with E-state index in [9.17, 15) is 13.2 Å². The Hall–Kier alpha value is -1.70. The molecule has 0 spiro atoms. The minimum Gasteiger partial charge on any atom is -0.491 e. The predicted octanol–water partition coefficient (Wildman–Crippen LogP) is 5.36. The zero-order valence-corrected chi connectivity index (χ0v) is 16.8. The first kappa shape index (κ1) is 21.0. The van der Waals surface area contributed by atoms with Crippen LogP contribution in [-0.4, -0.2) is 30.1 Å². The van der Waals surface area contributed by atoms with Gasteiger partial charge in [0.2, 0.25) is 0 Å². The van der Waals surface area contributed by atoms with Crippen LogP contribution in [0.25, 0.3) is 0 Å². The van der Waals surface area contributed by atoms with Gasteiger partial charge in [0.25, 0.3) is 0 Å². The Morgan fingerprint density at radius 2 is 1.93 bits per heavy atom. The molecule has 1 aliphatic heterocycles. The molecule has 3 rings (SSSR count). The molecule has 2 aromatic carbocycles. The summed E-state index contributed by atoms with van der Waals surface area (Å²) in [5.41, 5.74) is 0.611. The molecule has 0 saturated carbocycles. The van der Waals surface area contributed by atoms with Crippen LogP contribution in [-0.2, 0) is 12.7 Å². The summed E-state index contributed by atoms with van der Waals surface area (Å²) in [7, 11) is 0. The SMILES string of the molecule is CC(C)Oc1ccc(CN2CCC(NSc3cccc(C(F)(F)F)c3)C2)cc1. The molecule has 0 aromatic heterocycles. The fourth-order valence-electron chi connectivity index (χ4n) is 3.16. The van der Waals surface area contributed by atoms with E-state index < -0.39 is 11.7 Å². The third kappa shape index (κ3) is 6.15. The summed E-state index contributed by atoms with van der Waals surface area (Å²) < 4.78 is 47.4. The van der Waals surface area contributed by atoms with Crippen LogP contribution in [0.3, 0.4) is 0 Å². The van der Waals surface area contributed by atoms with Gasteiger partial charge in [-0.05, 0) is 68.1 Å². The molecule has 1 aliphatic rings. The molecule has 0 bridgehead atoms. The monoisotopic (exact) mass is 410 g/mol. The molecule has 3 nitrogen and oxygen atoms in total. The maximum Gasteiger partial charge on any atom is 0.416 e. The summed E-state index contributed by atoms with van der Waals surface area (Å²) in [5.74, 6) is 0.872. The summed E-state index contributed by atoms with van der Waals surface area (Å²) in [5, 5.41) is 0. The highest BCUT2D eigenvalue weighted by Crippen LogP contribution is 2.31. The van der Waals surface area contributed by atoms with Gasteiger partial charge in [-0.1, -0.05) is 18.2 Å². The van der Waals surface area contributed by atoms with Crippen molar-refractivity contribution in [2.75, 3.05) is 13.1 Å². The lowest BCUT2D eigenvalue weighted by Crippen LogP contribution is -2.28. The molecular weight excluding hydrogens is 385 g/mol. The molecule has 1 heterocycles. The van der Waals surface area contributed by atoms with Crippen LogP contribution in [0.15, 0.2) is 53.4 Å². The molecule has 1 fully saturated rings. The molecule has 1 atom stereocenters. The molecule has 152 valence electrons. The first-order chi connectivity index (χ1) is 13.3. The maximum absolute atomic E-state index is 12.8. The first-order valence-electron chi connectivity index (χ1n) is 9.37. The van der Waals surface area contributed by atoms with Crippen molar-refractivity contribution in [3.63, 3.8) is 0 Å². The van der Waals surface area contributed by atoms with E-state index in [1.165, 1.54) is 29.6 Å². The van der Waals surface area contributed by atoms with E-state index in [-0.39, 0.29) is 12.1 Å². The Kier molecular flexibility index (Phi) is 6.91. The molecule has 1 saturated heterocycles. The summed E-state index contributed by atoms with van der Waals surface area (Å²) in [4.78, 5) is 2.93. The largest absolute Gasteiger partial charge is 0.491 e. The van der Waals surface area contributed by atoms with Crippen LogP contribution in [0, 0.1) is 0 Å². The molecule has 28 heavy (non-hydrogen) atoms. The summed E-state index contributed by atoms with van der Waals surface area (Å²) >= 11 is 1.27. The van der Waals surface area contributed by atoms with E-state index in [2.05, 4.69) is 21.8 Å². The van der Waals surface area contributed by atoms with Gasteiger partial charge < -0.3 is 4.74 Å². The standard InChI is InChI=1S/C21H25F3N2OS/c1-15(2)27-19-8-6-16(7-9-19)13-26-11-10-18(14-26)25-28-20-5-3-4-17(12-20)21(22,23)24/h3-9,12,15,18,25H,10-11,13-14H2,1-2H3. The lowest BCUT2D eigenvalue weighted by molar-refractivity contribution is -0.137. The third-order valence-corrected chi connectivity index (χ3v) is 5.42. The van der Waals surface area contributed by atoms with Gasteiger partial charge in [-0.15, -0.1) is 0 Å². The smallest absolute Gasteiger partial charge is 0.416 e. The molecule has 0 aliphatic carbocycles. The molecule has 7 heteroatoms. The lowest BCUT2D eigenvalue weighted by atomic mass is 10.2. The highest BCUT2D eigenvalue weighted by Gasteiger charge is 2.30. The van der Waals surface area contributed by atoms with E-state index in [0.717, 1.165) is 37.9 Å². The number of likely N-dealkylation sites (tertiary alicyclic amines) is 1. The van der Waals surface area contributed by atoms with Crippen molar-refractivity contribution in [3.8, 4) is 5.75 Å². The van der Waals surface area contributed by atoms with E-state index in [1.54, 1.807) is 6.07 Å². The second kappa shape index (κ2) is 9.20. The predicted molar refractivity (Wildman–Crippen MR) is 106 cm³/mol. The molecule has 2 aromatic rings. The average Bonchev–Trinajstić information content (AvgIpc) is 3.08. The zero-order valence-electron chi connectivity index (χ0n) is 16.0. The van der Waals surface area contributed by atoms with E-state index in [0.29, 0.717) is 4.90 Å². The number of ether oxygens (including phenoxy) is 1. The van der Waals surface area contributed by atoms with E-state index in [4.69, 9.17) is 4.74 Å². The highest BCUT2D eigenvalue weighted by atomic mass is 32.2. The van der Waals surface area contributed by atoms with Crippen molar-refractivity contribution < 1.29 is 17.9 Å². The molecule has 1 unspecified atom stereocenters. The van der Waals surface area contributed by atoms with Crippen molar-refractivity contribution in [1.29, 1.82) is 0 Å². The van der Waals surface area contributed by atoms with Crippen LogP contribution in [0.5, 0.6) is 5.75 Å². The van der Waals surface area contributed by atoms with Crippen LogP contribution in [0.2, 0.25) is 0 Å². The number of alkyl halides is 3. The van der Waals surface area contributed by atoms with Crippen LogP contribution < -0.4 is 9.46 Å². The van der Waals surface area contributed by atoms with Gasteiger partial charge in [-0.3, -0.25) is 9.62 Å². The summed E-state index contributed by atoms with van der Waals surface area (Å²) in [6.45, 7) is 6.70. The van der Waals surface area contributed by atoms with Gasteiger partial charge in [-0.2, -0.15) is 13.2 Å². The van der Waals surface area contributed by atoms with Crippen molar-refractivity contribution in [2.24, 2.45) is 0 Å². The fourth-order valence-corrected chi connectivity index (χ4v) is 3.99.